The summed E-state index contributed by atoms with van der Waals surface area (Å²) in [4.78, 5) is 16.0. The fourth-order valence-corrected chi connectivity index (χ4v) is 2.04. The van der Waals surface area contributed by atoms with Gasteiger partial charge >= 0.3 is 0 Å². The first-order valence-electron chi connectivity index (χ1n) is 7.54. The molecule has 1 aromatic heterocycles. The van der Waals surface area contributed by atoms with Gasteiger partial charge in [0.05, 0.1) is 0 Å². The molecule has 24 heavy (non-hydrogen) atoms. The minimum Gasteiger partial charge on any atom is -0.334 e. The van der Waals surface area contributed by atoms with Gasteiger partial charge in [-0.25, -0.2) is 4.39 Å². The van der Waals surface area contributed by atoms with Crippen LogP contribution in [0.4, 0.5) is 10.1 Å². The van der Waals surface area contributed by atoms with Crippen molar-refractivity contribution in [3.05, 3.63) is 54.3 Å². The first-order chi connectivity index (χ1) is 11.5. The van der Waals surface area contributed by atoms with Gasteiger partial charge < -0.3 is 9.84 Å². The monoisotopic (exact) mass is 325 g/mol. The molecule has 1 amide bonds. The summed E-state index contributed by atoms with van der Waals surface area (Å²) in [7, 11) is 0. The van der Waals surface area contributed by atoms with Crippen molar-refractivity contribution in [3.8, 4) is 22.8 Å². The maximum Gasteiger partial charge on any atom is 0.258 e. The van der Waals surface area contributed by atoms with Crippen molar-refractivity contribution < 1.29 is 13.7 Å². The largest absolute Gasteiger partial charge is 0.334 e. The van der Waals surface area contributed by atoms with E-state index in [9.17, 15) is 9.18 Å². The molecular formula is C18H16FN3O2. The number of rotatable bonds is 4. The third kappa shape index (κ3) is 3.48. The molecule has 0 fully saturated rings. The lowest BCUT2D eigenvalue weighted by Gasteiger charge is -2.07. The highest BCUT2D eigenvalue weighted by molar-refractivity contribution is 5.92. The van der Waals surface area contributed by atoms with Crippen molar-refractivity contribution >= 4 is 11.6 Å². The van der Waals surface area contributed by atoms with Gasteiger partial charge in [0.1, 0.15) is 5.82 Å². The van der Waals surface area contributed by atoms with Crippen LogP contribution in [0.15, 0.2) is 53.1 Å². The van der Waals surface area contributed by atoms with Gasteiger partial charge in [-0.15, -0.1) is 0 Å². The van der Waals surface area contributed by atoms with Crippen LogP contribution < -0.4 is 5.32 Å². The molecule has 3 aromatic rings. The zero-order chi connectivity index (χ0) is 17.1. The molecule has 0 bridgehead atoms. The Morgan fingerprint density at radius 3 is 2.29 bits per heavy atom. The van der Waals surface area contributed by atoms with Crippen LogP contribution in [0.1, 0.15) is 13.8 Å². The number of benzene rings is 2. The predicted octanol–water partition coefficient (Wildman–Crippen LogP) is 4.14. The summed E-state index contributed by atoms with van der Waals surface area (Å²) in [5, 5.41) is 6.72. The summed E-state index contributed by atoms with van der Waals surface area (Å²) < 4.78 is 18.2. The van der Waals surface area contributed by atoms with Crippen LogP contribution in [0, 0.1) is 11.7 Å². The quantitative estimate of drug-likeness (QED) is 0.783. The minimum atomic E-state index is -0.318. The molecule has 3 rings (SSSR count). The van der Waals surface area contributed by atoms with Gasteiger partial charge in [0.2, 0.25) is 11.7 Å². The molecule has 1 N–H and O–H groups in total. The van der Waals surface area contributed by atoms with Crippen LogP contribution >= 0.6 is 0 Å². The van der Waals surface area contributed by atoms with Crippen LogP contribution in [0.25, 0.3) is 22.8 Å². The van der Waals surface area contributed by atoms with E-state index in [1.165, 1.54) is 12.1 Å². The normalized spacial score (nSPS) is 10.8. The smallest absolute Gasteiger partial charge is 0.258 e. The van der Waals surface area contributed by atoms with E-state index in [1.807, 2.05) is 13.8 Å². The van der Waals surface area contributed by atoms with Crippen LogP contribution in [0.2, 0.25) is 0 Å². The van der Waals surface area contributed by atoms with E-state index in [-0.39, 0.29) is 17.6 Å². The summed E-state index contributed by atoms with van der Waals surface area (Å²) in [6.45, 7) is 3.66. The highest BCUT2D eigenvalue weighted by Crippen LogP contribution is 2.23. The number of nitrogens with zero attached hydrogens (tertiary/aromatic N) is 2. The molecule has 0 aliphatic heterocycles. The highest BCUT2D eigenvalue weighted by atomic mass is 19.1. The molecule has 122 valence electrons. The number of halogens is 1. The third-order valence-corrected chi connectivity index (χ3v) is 3.45. The number of hydrogen-bond acceptors (Lipinski definition) is 4. The molecule has 0 radical (unpaired) electrons. The van der Waals surface area contributed by atoms with E-state index in [2.05, 4.69) is 15.5 Å². The van der Waals surface area contributed by atoms with Crippen LogP contribution in [-0.4, -0.2) is 16.0 Å². The average Bonchev–Trinajstić information content (AvgIpc) is 3.06. The van der Waals surface area contributed by atoms with E-state index in [1.54, 1.807) is 36.4 Å². The van der Waals surface area contributed by atoms with Crippen molar-refractivity contribution in [1.29, 1.82) is 0 Å². The van der Waals surface area contributed by atoms with Gasteiger partial charge in [-0.1, -0.05) is 19.0 Å². The Morgan fingerprint density at radius 1 is 1.04 bits per heavy atom. The molecule has 0 aliphatic rings. The van der Waals surface area contributed by atoms with Crippen LogP contribution in [0.5, 0.6) is 0 Å². The number of aromatic nitrogens is 2. The topological polar surface area (TPSA) is 68.0 Å². The standard InChI is InChI=1S/C18H16FN3O2/c1-11(2)17(23)20-15-9-5-13(6-10-15)18-21-16(22-24-18)12-3-7-14(19)8-4-12/h3-11H,1-2H3,(H,20,23). The fourth-order valence-electron chi connectivity index (χ4n) is 2.04. The van der Waals surface area contributed by atoms with E-state index in [0.29, 0.717) is 23.0 Å². The molecule has 0 saturated carbocycles. The maximum atomic E-state index is 13.0. The van der Waals surface area contributed by atoms with E-state index < -0.39 is 0 Å². The van der Waals surface area contributed by atoms with Gasteiger partial charge in [0, 0.05) is 22.7 Å². The van der Waals surface area contributed by atoms with Crippen molar-refractivity contribution in [2.75, 3.05) is 5.32 Å². The number of carbonyl (C=O) groups excluding carboxylic acids is 1. The SMILES string of the molecule is CC(C)C(=O)Nc1ccc(-c2nc(-c3ccc(F)cc3)no2)cc1. The van der Waals surface area contributed by atoms with Gasteiger partial charge in [-0.2, -0.15) is 4.98 Å². The summed E-state index contributed by atoms with van der Waals surface area (Å²) in [5.74, 6) is 0.303. The lowest BCUT2D eigenvalue weighted by atomic mass is 10.1. The van der Waals surface area contributed by atoms with E-state index in [4.69, 9.17) is 4.52 Å². The number of hydrogen-bond donors (Lipinski definition) is 1. The lowest BCUT2D eigenvalue weighted by Crippen LogP contribution is -2.17. The molecule has 0 unspecified atom stereocenters. The van der Waals surface area contributed by atoms with E-state index >= 15 is 0 Å². The second-order valence-corrected chi connectivity index (χ2v) is 5.65. The number of amides is 1. The van der Waals surface area contributed by atoms with Gasteiger partial charge in [0.15, 0.2) is 0 Å². The molecular weight excluding hydrogens is 309 g/mol. The van der Waals surface area contributed by atoms with Crippen molar-refractivity contribution in [3.63, 3.8) is 0 Å². The van der Waals surface area contributed by atoms with Crippen LogP contribution in [-0.2, 0) is 4.79 Å². The number of nitrogens with one attached hydrogen (secondary N) is 1. The summed E-state index contributed by atoms with van der Waals surface area (Å²) >= 11 is 0. The van der Waals surface area contributed by atoms with Crippen LogP contribution in [0.3, 0.4) is 0 Å². The molecule has 1 heterocycles. The molecule has 6 heteroatoms. The average molecular weight is 325 g/mol. The Bertz CT molecular complexity index is 839. The Hall–Kier alpha value is -3.02. The molecule has 0 atom stereocenters. The minimum absolute atomic E-state index is 0.0425. The zero-order valence-electron chi connectivity index (χ0n) is 13.3. The second kappa shape index (κ2) is 6.62. The van der Waals surface area contributed by atoms with Gasteiger partial charge in [-0.05, 0) is 48.5 Å². The van der Waals surface area contributed by atoms with Crippen molar-refractivity contribution in [2.24, 2.45) is 5.92 Å². The Labute approximate surface area is 138 Å². The first-order valence-corrected chi connectivity index (χ1v) is 7.54. The number of anilines is 1. The third-order valence-electron chi connectivity index (χ3n) is 3.45. The fraction of sp³-hybridized carbons (Fsp3) is 0.167. The summed E-state index contributed by atoms with van der Waals surface area (Å²) in [5.41, 5.74) is 2.11. The Kier molecular flexibility index (Phi) is 4.37. The Morgan fingerprint density at radius 2 is 1.67 bits per heavy atom. The zero-order valence-corrected chi connectivity index (χ0v) is 13.3. The Balaban J connectivity index is 1.78. The van der Waals surface area contributed by atoms with Gasteiger partial charge in [-0.3, -0.25) is 4.79 Å². The van der Waals surface area contributed by atoms with Crippen molar-refractivity contribution in [2.45, 2.75) is 13.8 Å². The summed E-state index contributed by atoms with van der Waals surface area (Å²) in [6.07, 6.45) is 0. The summed E-state index contributed by atoms with van der Waals surface area (Å²) in [6, 6.07) is 13.0. The van der Waals surface area contributed by atoms with E-state index in [0.717, 1.165) is 5.56 Å². The van der Waals surface area contributed by atoms with Gasteiger partial charge in [0.25, 0.3) is 5.89 Å². The first kappa shape index (κ1) is 15.9. The number of carbonyl (C=O) groups is 1. The van der Waals surface area contributed by atoms with Crippen molar-refractivity contribution in [1.82, 2.24) is 10.1 Å². The lowest BCUT2D eigenvalue weighted by molar-refractivity contribution is -0.118. The predicted molar refractivity (Wildman–Crippen MR) is 88.6 cm³/mol. The second-order valence-electron chi connectivity index (χ2n) is 5.65. The molecule has 0 aliphatic carbocycles. The molecule has 0 spiro atoms. The molecule has 2 aromatic carbocycles. The molecule has 0 saturated heterocycles. The molecule has 5 nitrogen and oxygen atoms in total. The maximum absolute atomic E-state index is 13.0. The highest BCUT2D eigenvalue weighted by Gasteiger charge is 2.11.